The fourth-order valence-electron chi connectivity index (χ4n) is 4.19. The second-order valence-electron chi connectivity index (χ2n) is 7.92. The van der Waals surface area contributed by atoms with Crippen LogP contribution in [-0.2, 0) is 0 Å². The molecule has 1 heterocycles. The van der Waals surface area contributed by atoms with E-state index >= 15 is 0 Å². The molecule has 31 heavy (non-hydrogen) atoms. The summed E-state index contributed by atoms with van der Waals surface area (Å²) in [4.78, 5) is 20.1. The topological polar surface area (TPSA) is 50.7 Å². The van der Waals surface area contributed by atoms with E-state index in [0.717, 1.165) is 50.9 Å². The second-order valence-corrected chi connectivity index (χ2v) is 9.01. The number of rotatable bonds is 4. The summed E-state index contributed by atoms with van der Waals surface area (Å²) in [5.41, 5.74) is 4.49. The first-order chi connectivity index (χ1) is 15.2. The molecule has 0 atom stereocenters. The maximum absolute atomic E-state index is 12.8. The number of fused-ring (bicyclic) bond motifs is 2. The Hall–Kier alpha value is -3.05. The van der Waals surface area contributed by atoms with E-state index in [9.17, 15) is 4.79 Å². The van der Waals surface area contributed by atoms with Gasteiger partial charge in [0.05, 0.1) is 18.5 Å². The van der Waals surface area contributed by atoms with Crippen LogP contribution in [0.2, 0.25) is 0 Å². The molecule has 1 fully saturated rings. The molecular weight excluding hydrogens is 404 g/mol. The Morgan fingerprint density at radius 2 is 1.77 bits per heavy atom. The molecule has 1 aliphatic heterocycles. The van der Waals surface area contributed by atoms with Gasteiger partial charge in [-0.15, -0.1) is 0 Å². The smallest absolute Gasteiger partial charge is 0.251 e. The van der Waals surface area contributed by atoms with Crippen molar-refractivity contribution in [3.05, 3.63) is 83.4 Å². The van der Waals surface area contributed by atoms with Crippen molar-refractivity contribution in [2.45, 2.75) is 41.5 Å². The van der Waals surface area contributed by atoms with Crippen LogP contribution in [0.5, 0.6) is 5.75 Å². The fraction of sp³-hybridized carbons (Fsp3) is 0.231. The van der Waals surface area contributed by atoms with Crippen molar-refractivity contribution >= 4 is 29.1 Å². The molecule has 3 aromatic carbocycles. The van der Waals surface area contributed by atoms with Crippen molar-refractivity contribution in [3.63, 3.8) is 0 Å². The average molecular weight is 429 g/mol. The summed E-state index contributed by atoms with van der Waals surface area (Å²) in [5.74, 6) is 0.801. The Labute approximate surface area is 186 Å². The molecule has 1 aliphatic carbocycles. The number of nitrogens with zero attached hydrogens (tertiary/aromatic N) is 1. The monoisotopic (exact) mass is 428 g/mol. The van der Waals surface area contributed by atoms with Gasteiger partial charge in [0, 0.05) is 32.5 Å². The summed E-state index contributed by atoms with van der Waals surface area (Å²) < 4.78 is 5.32. The SMILES string of the molecule is COc1ccc(C2=Nc3cc(C(=O)NC4CCCC4)ccc3Sc3ccccc32)cc1. The van der Waals surface area contributed by atoms with E-state index in [1.165, 1.54) is 12.8 Å². The van der Waals surface area contributed by atoms with Crippen LogP contribution in [0, 0.1) is 0 Å². The van der Waals surface area contributed by atoms with Crippen LogP contribution < -0.4 is 10.1 Å². The molecule has 1 saturated carbocycles. The van der Waals surface area contributed by atoms with Crippen molar-refractivity contribution in [2.24, 2.45) is 4.99 Å². The van der Waals surface area contributed by atoms with Crippen molar-refractivity contribution in [1.29, 1.82) is 0 Å². The highest BCUT2D eigenvalue weighted by Crippen LogP contribution is 2.41. The number of methoxy groups -OCH3 is 1. The van der Waals surface area contributed by atoms with Crippen LogP contribution in [0.3, 0.4) is 0 Å². The summed E-state index contributed by atoms with van der Waals surface area (Å²) in [7, 11) is 1.67. The first kappa shape index (κ1) is 19.9. The van der Waals surface area contributed by atoms with Gasteiger partial charge in [0.15, 0.2) is 0 Å². The number of amides is 1. The Bertz CT molecular complexity index is 1150. The molecule has 0 saturated heterocycles. The molecular formula is C26H24N2O2S. The van der Waals surface area contributed by atoms with Gasteiger partial charge < -0.3 is 10.1 Å². The Morgan fingerprint density at radius 3 is 2.55 bits per heavy atom. The molecule has 0 spiro atoms. The van der Waals surface area contributed by atoms with E-state index < -0.39 is 0 Å². The van der Waals surface area contributed by atoms with Crippen molar-refractivity contribution in [2.75, 3.05) is 7.11 Å². The average Bonchev–Trinajstić information content (AvgIpc) is 3.25. The largest absolute Gasteiger partial charge is 0.497 e. The van der Waals surface area contributed by atoms with Gasteiger partial charge >= 0.3 is 0 Å². The van der Waals surface area contributed by atoms with Gasteiger partial charge in [-0.05, 0) is 61.4 Å². The third-order valence-electron chi connectivity index (χ3n) is 5.87. The molecule has 1 amide bonds. The number of benzene rings is 3. The highest BCUT2D eigenvalue weighted by atomic mass is 32.2. The van der Waals surface area contributed by atoms with Gasteiger partial charge in [-0.2, -0.15) is 0 Å². The number of hydrogen-bond donors (Lipinski definition) is 1. The molecule has 1 N–H and O–H groups in total. The van der Waals surface area contributed by atoms with Crippen molar-refractivity contribution in [3.8, 4) is 5.75 Å². The van der Waals surface area contributed by atoms with Crippen LogP contribution in [0.4, 0.5) is 5.69 Å². The predicted octanol–water partition coefficient (Wildman–Crippen LogP) is 6.00. The molecule has 3 aromatic rings. The van der Waals surface area contributed by atoms with E-state index in [-0.39, 0.29) is 5.91 Å². The van der Waals surface area contributed by atoms with Crippen LogP contribution >= 0.6 is 11.8 Å². The molecule has 5 rings (SSSR count). The van der Waals surface area contributed by atoms with E-state index in [4.69, 9.17) is 9.73 Å². The second kappa shape index (κ2) is 8.60. The molecule has 2 aliphatic rings. The maximum atomic E-state index is 12.8. The highest BCUT2D eigenvalue weighted by Gasteiger charge is 2.22. The van der Waals surface area contributed by atoms with Gasteiger partial charge in [-0.25, -0.2) is 4.99 Å². The van der Waals surface area contributed by atoms with E-state index in [1.807, 2.05) is 54.6 Å². The lowest BCUT2D eigenvalue weighted by Crippen LogP contribution is -2.32. The standard InChI is InChI=1S/C26H24N2O2S/c1-30-20-13-10-17(11-14-20)25-21-8-4-5-9-23(21)31-24-15-12-18(16-22(24)28-25)26(29)27-19-6-2-3-7-19/h4-5,8-16,19H,2-3,6-7H2,1H3,(H,27,29). The van der Waals surface area contributed by atoms with E-state index in [2.05, 4.69) is 17.4 Å². The molecule has 4 nitrogen and oxygen atoms in total. The highest BCUT2D eigenvalue weighted by molar-refractivity contribution is 7.99. The summed E-state index contributed by atoms with van der Waals surface area (Å²) in [6, 6.07) is 22.4. The molecule has 0 radical (unpaired) electrons. The number of carbonyl (C=O) groups excluding carboxylic acids is 1. The summed E-state index contributed by atoms with van der Waals surface area (Å²) >= 11 is 1.69. The molecule has 0 bridgehead atoms. The number of carbonyl (C=O) groups is 1. The number of aliphatic imine (C=N–C) groups is 1. The zero-order valence-corrected chi connectivity index (χ0v) is 18.2. The Kier molecular flexibility index (Phi) is 5.51. The normalized spacial score (nSPS) is 15.5. The molecule has 5 heteroatoms. The number of ether oxygens (including phenoxy) is 1. The minimum Gasteiger partial charge on any atom is -0.497 e. The van der Waals surface area contributed by atoms with Crippen LogP contribution in [0.1, 0.15) is 47.2 Å². The first-order valence-corrected chi connectivity index (χ1v) is 11.5. The molecule has 0 unspecified atom stereocenters. The van der Waals surface area contributed by atoms with Crippen LogP contribution in [0.15, 0.2) is 81.5 Å². The summed E-state index contributed by atoms with van der Waals surface area (Å²) in [6.45, 7) is 0. The van der Waals surface area contributed by atoms with Crippen molar-refractivity contribution in [1.82, 2.24) is 5.32 Å². The van der Waals surface area contributed by atoms with Crippen molar-refractivity contribution < 1.29 is 9.53 Å². The third-order valence-corrected chi connectivity index (χ3v) is 7.01. The molecule has 156 valence electrons. The lowest BCUT2D eigenvalue weighted by molar-refractivity contribution is 0.0938. The minimum absolute atomic E-state index is 0.0114. The predicted molar refractivity (Wildman–Crippen MR) is 125 cm³/mol. The fourth-order valence-corrected chi connectivity index (χ4v) is 5.19. The van der Waals surface area contributed by atoms with Gasteiger partial charge in [-0.3, -0.25) is 4.79 Å². The van der Waals surface area contributed by atoms with Crippen LogP contribution in [-0.4, -0.2) is 24.8 Å². The lowest BCUT2D eigenvalue weighted by atomic mass is 10.0. The number of hydrogen-bond acceptors (Lipinski definition) is 4. The summed E-state index contributed by atoms with van der Waals surface area (Å²) in [5, 5.41) is 3.18. The van der Waals surface area contributed by atoms with Crippen LogP contribution in [0.25, 0.3) is 0 Å². The summed E-state index contributed by atoms with van der Waals surface area (Å²) in [6.07, 6.45) is 4.53. The van der Waals surface area contributed by atoms with Gasteiger partial charge in [0.1, 0.15) is 5.75 Å². The number of nitrogens with one attached hydrogen (secondary N) is 1. The van der Waals surface area contributed by atoms with Gasteiger partial charge in [0.2, 0.25) is 0 Å². The lowest BCUT2D eigenvalue weighted by Gasteiger charge is -2.13. The minimum atomic E-state index is -0.0114. The van der Waals surface area contributed by atoms with E-state index in [1.54, 1.807) is 18.9 Å². The first-order valence-electron chi connectivity index (χ1n) is 10.7. The maximum Gasteiger partial charge on any atom is 0.251 e. The van der Waals surface area contributed by atoms with Gasteiger partial charge in [-0.1, -0.05) is 42.8 Å². The van der Waals surface area contributed by atoms with E-state index in [0.29, 0.717) is 11.6 Å². The Morgan fingerprint density at radius 1 is 1.00 bits per heavy atom. The molecule has 0 aromatic heterocycles. The zero-order chi connectivity index (χ0) is 21.2. The third kappa shape index (κ3) is 4.10. The zero-order valence-electron chi connectivity index (χ0n) is 17.4. The Balaban J connectivity index is 1.56. The van der Waals surface area contributed by atoms with Gasteiger partial charge in [0.25, 0.3) is 5.91 Å². The quantitative estimate of drug-likeness (QED) is 0.434.